The van der Waals surface area contributed by atoms with Crippen LogP contribution in [0.15, 0.2) is 18.2 Å². The molecule has 3 N–H and O–H groups in total. The van der Waals surface area contributed by atoms with Gasteiger partial charge in [-0.1, -0.05) is 6.07 Å². The molecule has 5 heteroatoms. The van der Waals surface area contributed by atoms with Crippen LogP contribution in [0.1, 0.15) is 24.5 Å². The number of ether oxygens (including phenoxy) is 1. The normalized spacial score (nSPS) is 11.6. The van der Waals surface area contributed by atoms with Gasteiger partial charge in [0.25, 0.3) is 0 Å². The molecule has 1 aromatic carbocycles. The molecule has 0 aliphatic carbocycles. The van der Waals surface area contributed by atoms with Gasteiger partial charge in [-0.15, -0.1) is 0 Å². The van der Waals surface area contributed by atoms with Crippen LogP contribution >= 0.6 is 0 Å². The van der Waals surface area contributed by atoms with Gasteiger partial charge in [-0.25, -0.2) is 0 Å². The van der Waals surface area contributed by atoms with Crippen molar-refractivity contribution in [3.8, 4) is 11.8 Å². The number of primary amides is 1. The fourth-order valence-corrected chi connectivity index (χ4v) is 1.62. The lowest BCUT2D eigenvalue weighted by Gasteiger charge is -2.12. The molecular formula is C13H17N3O2. The zero-order valence-corrected chi connectivity index (χ0v) is 10.6. The van der Waals surface area contributed by atoms with E-state index < -0.39 is 0 Å². The minimum atomic E-state index is -0.331. The van der Waals surface area contributed by atoms with Crippen molar-refractivity contribution < 1.29 is 9.53 Å². The molecule has 0 heterocycles. The molecule has 5 nitrogen and oxygen atoms in total. The highest BCUT2D eigenvalue weighted by molar-refractivity contribution is 5.74. The van der Waals surface area contributed by atoms with Gasteiger partial charge in [0, 0.05) is 19.0 Å². The molecule has 0 saturated carbocycles. The number of nitrogens with zero attached hydrogens (tertiary/aromatic N) is 1. The Morgan fingerprint density at radius 2 is 2.33 bits per heavy atom. The number of benzene rings is 1. The van der Waals surface area contributed by atoms with Crippen LogP contribution in [-0.2, 0) is 11.3 Å². The van der Waals surface area contributed by atoms with Gasteiger partial charge in [0.05, 0.1) is 12.7 Å². The predicted molar refractivity (Wildman–Crippen MR) is 67.8 cm³/mol. The fourth-order valence-electron chi connectivity index (χ4n) is 1.62. The molecule has 0 fully saturated rings. The zero-order chi connectivity index (χ0) is 13.5. The van der Waals surface area contributed by atoms with Gasteiger partial charge in [0.1, 0.15) is 11.8 Å². The summed E-state index contributed by atoms with van der Waals surface area (Å²) in [5, 5.41) is 12.1. The molecule has 1 atom stereocenters. The van der Waals surface area contributed by atoms with Crippen LogP contribution in [0.5, 0.6) is 5.75 Å². The van der Waals surface area contributed by atoms with Crippen molar-refractivity contribution in [2.75, 3.05) is 7.11 Å². The van der Waals surface area contributed by atoms with E-state index in [1.807, 2.05) is 13.0 Å². The number of carbonyl (C=O) groups is 1. The van der Waals surface area contributed by atoms with Gasteiger partial charge >= 0.3 is 0 Å². The van der Waals surface area contributed by atoms with Crippen molar-refractivity contribution in [1.29, 1.82) is 5.26 Å². The van der Waals surface area contributed by atoms with Crippen LogP contribution in [0.2, 0.25) is 0 Å². The smallest absolute Gasteiger partial charge is 0.218 e. The topological polar surface area (TPSA) is 88.1 Å². The van der Waals surface area contributed by atoms with Gasteiger partial charge in [-0.3, -0.25) is 4.79 Å². The van der Waals surface area contributed by atoms with E-state index in [0.717, 1.165) is 5.56 Å². The van der Waals surface area contributed by atoms with E-state index in [0.29, 0.717) is 24.3 Å². The number of methoxy groups -OCH3 is 1. The van der Waals surface area contributed by atoms with Crippen molar-refractivity contribution in [3.63, 3.8) is 0 Å². The zero-order valence-electron chi connectivity index (χ0n) is 10.6. The number of hydrogen-bond acceptors (Lipinski definition) is 4. The molecule has 1 rings (SSSR count). The van der Waals surface area contributed by atoms with E-state index >= 15 is 0 Å². The number of nitrogens with two attached hydrogens (primary N) is 1. The molecule has 1 unspecified atom stereocenters. The summed E-state index contributed by atoms with van der Waals surface area (Å²) in [5.74, 6) is 0.230. The van der Waals surface area contributed by atoms with E-state index in [1.54, 1.807) is 12.1 Å². The number of carbonyl (C=O) groups excluding carboxylic acids is 1. The number of nitrogens with one attached hydrogen (secondary N) is 1. The molecule has 0 saturated heterocycles. The van der Waals surface area contributed by atoms with E-state index in [-0.39, 0.29) is 11.9 Å². The van der Waals surface area contributed by atoms with E-state index in [2.05, 4.69) is 11.4 Å². The monoisotopic (exact) mass is 247 g/mol. The Bertz CT molecular complexity index is 466. The molecule has 1 aromatic rings. The molecule has 0 bridgehead atoms. The van der Waals surface area contributed by atoms with Crippen LogP contribution in [0.25, 0.3) is 0 Å². The summed E-state index contributed by atoms with van der Waals surface area (Å²) in [5.41, 5.74) is 6.57. The van der Waals surface area contributed by atoms with E-state index in [9.17, 15) is 4.79 Å². The largest absolute Gasteiger partial charge is 0.495 e. The molecule has 0 aromatic heterocycles. The molecule has 0 radical (unpaired) electrons. The standard InChI is InChI=1S/C13H17N3O2/c1-9(5-13(15)17)16-8-10-3-4-12(18-2)11(6-10)7-14/h3-4,6,9,16H,5,8H2,1-2H3,(H2,15,17). The third-order valence-electron chi connectivity index (χ3n) is 2.55. The number of rotatable bonds is 6. The SMILES string of the molecule is COc1ccc(CNC(C)CC(N)=O)cc1C#N. The van der Waals surface area contributed by atoms with Crippen LogP contribution < -0.4 is 15.8 Å². The summed E-state index contributed by atoms with van der Waals surface area (Å²) >= 11 is 0. The number of hydrogen-bond donors (Lipinski definition) is 2. The molecule has 18 heavy (non-hydrogen) atoms. The Hall–Kier alpha value is -2.06. The lowest BCUT2D eigenvalue weighted by molar-refractivity contribution is -0.118. The van der Waals surface area contributed by atoms with Crippen LogP contribution in [0, 0.1) is 11.3 Å². The third-order valence-corrected chi connectivity index (χ3v) is 2.55. The first kappa shape index (κ1) is 14.0. The van der Waals surface area contributed by atoms with Crippen LogP contribution in [0.3, 0.4) is 0 Å². The summed E-state index contributed by atoms with van der Waals surface area (Å²) in [6, 6.07) is 7.49. The number of nitriles is 1. The molecule has 0 spiro atoms. The quantitative estimate of drug-likeness (QED) is 0.782. The van der Waals surface area contributed by atoms with E-state index in [1.165, 1.54) is 7.11 Å². The first-order valence-corrected chi connectivity index (χ1v) is 5.65. The minimum absolute atomic E-state index is 0.00939. The summed E-state index contributed by atoms with van der Waals surface area (Å²) in [6.45, 7) is 2.46. The highest BCUT2D eigenvalue weighted by atomic mass is 16.5. The third kappa shape index (κ3) is 4.07. The molecular weight excluding hydrogens is 230 g/mol. The average molecular weight is 247 g/mol. The first-order chi connectivity index (χ1) is 8.56. The lowest BCUT2D eigenvalue weighted by Crippen LogP contribution is -2.30. The summed E-state index contributed by atoms with van der Waals surface area (Å²) in [6.07, 6.45) is 0.293. The highest BCUT2D eigenvalue weighted by Gasteiger charge is 2.07. The second-order valence-corrected chi connectivity index (χ2v) is 4.10. The van der Waals surface area contributed by atoms with Crippen LogP contribution in [0.4, 0.5) is 0 Å². The average Bonchev–Trinajstić information content (AvgIpc) is 2.35. The van der Waals surface area contributed by atoms with Gasteiger partial charge < -0.3 is 15.8 Å². The van der Waals surface area contributed by atoms with Gasteiger partial charge in [-0.2, -0.15) is 5.26 Å². The predicted octanol–water partition coefficient (Wildman–Crippen LogP) is 0.920. The van der Waals surface area contributed by atoms with Crippen molar-refractivity contribution in [2.45, 2.75) is 25.9 Å². The molecule has 0 aliphatic heterocycles. The Kier molecular flexibility index (Phi) is 5.15. The second kappa shape index (κ2) is 6.62. The highest BCUT2D eigenvalue weighted by Crippen LogP contribution is 2.18. The Morgan fingerprint density at radius 1 is 1.61 bits per heavy atom. The lowest BCUT2D eigenvalue weighted by atomic mass is 10.1. The maximum absolute atomic E-state index is 10.7. The first-order valence-electron chi connectivity index (χ1n) is 5.65. The Labute approximate surface area is 107 Å². The summed E-state index contributed by atoms with van der Waals surface area (Å²) in [7, 11) is 1.53. The fraction of sp³-hybridized carbons (Fsp3) is 0.385. The number of amides is 1. The molecule has 96 valence electrons. The molecule has 1 amide bonds. The summed E-state index contributed by atoms with van der Waals surface area (Å²) in [4.78, 5) is 10.7. The van der Waals surface area contributed by atoms with Gasteiger partial charge in [0.15, 0.2) is 0 Å². The van der Waals surface area contributed by atoms with Crippen molar-refractivity contribution in [1.82, 2.24) is 5.32 Å². The molecule has 0 aliphatic rings. The van der Waals surface area contributed by atoms with E-state index in [4.69, 9.17) is 15.7 Å². The Balaban J connectivity index is 2.63. The maximum Gasteiger partial charge on any atom is 0.218 e. The Morgan fingerprint density at radius 3 is 2.89 bits per heavy atom. The minimum Gasteiger partial charge on any atom is -0.495 e. The van der Waals surface area contributed by atoms with Gasteiger partial charge in [-0.05, 0) is 24.6 Å². The van der Waals surface area contributed by atoms with Crippen molar-refractivity contribution in [3.05, 3.63) is 29.3 Å². The van der Waals surface area contributed by atoms with Gasteiger partial charge in [0.2, 0.25) is 5.91 Å². The second-order valence-electron chi connectivity index (χ2n) is 4.10. The summed E-state index contributed by atoms with van der Waals surface area (Å²) < 4.78 is 5.07. The maximum atomic E-state index is 10.7. The van der Waals surface area contributed by atoms with Crippen molar-refractivity contribution in [2.24, 2.45) is 5.73 Å². The van der Waals surface area contributed by atoms with Crippen molar-refractivity contribution >= 4 is 5.91 Å². The van der Waals surface area contributed by atoms with Crippen LogP contribution in [-0.4, -0.2) is 19.1 Å².